The zero-order valence-electron chi connectivity index (χ0n) is 18.6. The molecule has 1 amide bonds. The third kappa shape index (κ3) is 5.55. The molecule has 12 nitrogen and oxygen atoms in total. The molecule has 3 aromatic rings. The molecule has 0 aliphatic heterocycles. The number of carbonyl (C=O) groups excluding carboxylic acids is 1. The number of carboxylic acid groups (broad SMARTS) is 2. The number of carboxylic acids is 2. The molecule has 0 bridgehead atoms. The molecule has 7 N–H and O–H groups in total. The van der Waals surface area contributed by atoms with Crippen LogP contribution in [0.5, 0.6) is 5.75 Å². The number of nitrogens with one attached hydrogen (secondary N) is 3. The van der Waals surface area contributed by atoms with Gasteiger partial charge in [0.05, 0.1) is 29.1 Å². The first kappa shape index (κ1) is 25.6. The number of hydrogen-bond acceptors (Lipinski definition) is 8. The number of hydrogen-bond donors (Lipinski definition) is 6. The number of aromatic carboxylic acids is 2. The summed E-state index contributed by atoms with van der Waals surface area (Å²) in [6, 6.07) is 6.10. The number of amides is 1. The van der Waals surface area contributed by atoms with E-state index in [4.69, 9.17) is 16.0 Å². The van der Waals surface area contributed by atoms with Crippen LogP contribution >= 0.6 is 0 Å². The van der Waals surface area contributed by atoms with Crippen LogP contribution in [0, 0.1) is 17.0 Å². The van der Waals surface area contributed by atoms with Gasteiger partial charge in [-0.3, -0.25) is 10.2 Å². The molecular formula is C22H20F2N6O6. The fourth-order valence-corrected chi connectivity index (χ4v) is 3.15. The Bertz CT molecular complexity index is 1420. The lowest BCUT2D eigenvalue weighted by Gasteiger charge is -2.14. The second-order valence-electron chi connectivity index (χ2n) is 7.28. The van der Waals surface area contributed by atoms with Crippen molar-refractivity contribution in [3.8, 4) is 5.75 Å². The number of nitrogens with two attached hydrogens (primary N) is 1. The van der Waals surface area contributed by atoms with Crippen molar-refractivity contribution in [2.75, 3.05) is 30.1 Å². The Morgan fingerprint density at radius 3 is 2.33 bits per heavy atom. The van der Waals surface area contributed by atoms with Crippen LogP contribution in [0.25, 0.3) is 0 Å². The van der Waals surface area contributed by atoms with Gasteiger partial charge < -0.3 is 31.4 Å². The molecule has 0 saturated carbocycles. The number of benzene rings is 2. The van der Waals surface area contributed by atoms with Gasteiger partial charge in [0.1, 0.15) is 5.82 Å². The SMILES string of the molecule is CNc1cc(F)c(CCOc2cc(NC(=O)c3ccc(=N)n(N)n3)c(C(=O)O)cc2F)cc1C(=O)O. The number of anilines is 2. The largest absolute Gasteiger partial charge is 0.490 e. The van der Waals surface area contributed by atoms with E-state index in [1.807, 2.05) is 0 Å². The molecule has 36 heavy (non-hydrogen) atoms. The van der Waals surface area contributed by atoms with Gasteiger partial charge in [-0.15, -0.1) is 5.10 Å². The predicted octanol–water partition coefficient (Wildman–Crippen LogP) is 1.67. The zero-order chi connectivity index (χ0) is 26.6. The van der Waals surface area contributed by atoms with Crippen molar-refractivity contribution in [3.63, 3.8) is 0 Å². The van der Waals surface area contributed by atoms with Gasteiger partial charge in [0.2, 0.25) is 0 Å². The number of carbonyl (C=O) groups is 3. The average molecular weight is 502 g/mol. The number of rotatable bonds is 9. The summed E-state index contributed by atoms with van der Waals surface area (Å²) in [5, 5.41) is 34.7. The molecule has 0 unspecified atom stereocenters. The first-order chi connectivity index (χ1) is 17.0. The predicted molar refractivity (Wildman–Crippen MR) is 122 cm³/mol. The van der Waals surface area contributed by atoms with Crippen LogP contribution in [0.15, 0.2) is 36.4 Å². The molecule has 3 rings (SSSR count). The number of aromatic nitrogens is 2. The smallest absolute Gasteiger partial charge is 0.337 e. The highest BCUT2D eigenvalue weighted by Gasteiger charge is 2.20. The van der Waals surface area contributed by atoms with Crippen molar-refractivity contribution in [1.29, 1.82) is 5.41 Å². The van der Waals surface area contributed by atoms with E-state index in [-0.39, 0.29) is 46.7 Å². The quantitative estimate of drug-likeness (QED) is 0.236. The van der Waals surface area contributed by atoms with Gasteiger partial charge in [-0.05, 0) is 35.9 Å². The highest BCUT2D eigenvalue weighted by atomic mass is 19.1. The Morgan fingerprint density at radius 1 is 1.06 bits per heavy atom. The lowest BCUT2D eigenvalue weighted by molar-refractivity contribution is 0.0686. The fraction of sp³-hybridized carbons (Fsp3) is 0.136. The Labute approximate surface area is 201 Å². The minimum absolute atomic E-state index is 0.00138. The lowest BCUT2D eigenvalue weighted by atomic mass is 10.1. The van der Waals surface area contributed by atoms with Crippen LogP contribution in [-0.2, 0) is 6.42 Å². The molecule has 0 saturated heterocycles. The molecular weight excluding hydrogens is 482 g/mol. The van der Waals surface area contributed by atoms with E-state index in [2.05, 4.69) is 15.7 Å². The van der Waals surface area contributed by atoms with Crippen molar-refractivity contribution in [1.82, 2.24) is 9.89 Å². The van der Waals surface area contributed by atoms with Gasteiger partial charge in [0, 0.05) is 19.5 Å². The minimum Gasteiger partial charge on any atom is -0.490 e. The summed E-state index contributed by atoms with van der Waals surface area (Å²) in [5.41, 5.74) is -1.42. The van der Waals surface area contributed by atoms with Gasteiger partial charge in [0.25, 0.3) is 5.91 Å². The van der Waals surface area contributed by atoms with Gasteiger partial charge in [-0.25, -0.2) is 18.4 Å². The third-order valence-electron chi connectivity index (χ3n) is 4.96. The van der Waals surface area contributed by atoms with E-state index in [0.29, 0.717) is 10.9 Å². The Morgan fingerprint density at radius 2 is 1.72 bits per heavy atom. The molecule has 0 fully saturated rings. The number of nitrogen functional groups attached to an aromatic ring is 1. The molecule has 0 atom stereocenters. The average Bonchev–Trinajstić information content (AvgIpc) is 2.82. The van der Waals surface area contributed by atoms with Crippen molar-refractivity contribution in [2.45, 2.75) is 6.42 Å². The molecule has 0 spiro atoms. The Kier molecular flexibility index (Phi) is 7.47. The van der Waals surface area contributed by atoms with Crippen LogP contribution < -0.4 is 26.7 Å². The van der Waals surface area contributed by atoms with Gasteiger partial charge >= 0.3 is 11.9 Å². The molecule has 1 aromatic heterocycles. The number of halogens is 2. The van der Waals surface area contributed by atoms with E-state index < -0.39 is 40.8 Å². The van der Waals surface area contributed by atoms with Gasteiger partial charge in [-0.2, -0.15) is 4.79 Å². The molecule has 0 aliphatic rings. The minimum atomic E-state index is -1.54. The standard InChI is InChI=1S/C22H20F2N6O6/c1-27-16-8-13(23)10(6-11(16)21(32)33)4-5-36-18-9-17(12(22(34)35)7-14(18)24)28-20(31)15-2-3-19(25)30(26)29-15/h2-3,6-9,25,27H,4-5,26H2,1H3,(H,28,31)(H,32,33)(H,34,35). The van der Waals surface area contributed by atoms with Gasteiger partial charge in [-0.1, -0.05) is 0 Å². The Balaban J connectivity index is 1.83. The van der Waals surface area contributed by atoms with E-state index >= 15 is 0 Å². The summed E-state index contributed by atoms with van der Waals surface area (Å²) in [5.74, 6) is -0.455. The van der Waals surface area contributed by atoms with Crippen LogP contribution in [0.3, 0.4) is 0 Å². The summed E-state index contributed by atoms with van der Waals surface area (Å²) in [4.78, 5) is 36.1. The molecule has 1 heterocycles. The van der Waals surface area contributed by atoms with Crippen molar-refractivity contribution >= 4 is 29.2 Å². The van der Waals surface area contributed by atoms with E-state index in [1.165, 1.54) is 19.2 Å². The van der Waals surface area contributed by atoms with E-state index in [9.17, 15) is 33.4 Å². The lowest BCUT2D eigenvalue weighted by Crippen LogP contribution is -2.31. The van der Waals surface area contributed by atoms with Crippen molar-refractivity contribution < 1.29 is 38.1 Å². The number of ether oxygens (including phenoxy) is 1. The van der Waals surface area contributed by atoms with Crippen LogP contribution in [0.2, 0.25) is 0 Å². The summed E-state index contributed by atoms with van der Waals surface area (Å²) in [6.07, 6.45) is -0.141. The van der Waals surface area contributed by atoms with Crippen LogP contribution in [-0.4, -0.2) is 51.6 Å². The maximum atomic E-state index is 14.5. The van der Waals surface area contributed by atoms with Gasteiger partial charge in [0.15, 0.2) is 22.7 Å². The summed E-state index contributed by atoms with van der Waals surface area (Å²) >= 11 is 0. The molecule has 2 aromatic carbocycles. The molecule has 188 valence electrons. The van der Waals surface area contributed by atoms with E-state index in [1.54, 1.807) is 0 Å². The summed E-state index contributed by atoms with van der Waals surface area (Å²) in [6.45, 7) is -0.300. The fourth-order valence-electron chi connectivity index (χ4n) is 3.15. The highest BCUT2D eigenvalue weighted by Crippen LogP contribution is 2.28. The highest BCUT2D eigenvalue weighted by molar-refractivity contribution is 6.06. The van der Waals surface area contributed by atoms with Crippen molar-refractivity contribution in [2.24, 2.45) is 0 Å². The molecule has 14 heteroatoms. The maximum Gasteiger partial charge on any atom is 0.337 e. The van der Waals surface area contributed by atoms with Crippen LogP contribution in [0.1, 0.15) is 36.8 Å². The first-order valence-electron chi connectivity index (χ1n) is 10.2. The first-order valence-corrected chi connectivity index (χ1v) is 10.2. The second kappa shape index (κ2) is 10.5. The molecule has 0 aliphatic carbocycles. The topological polar surface area (TPSA) is 193 Å². The summed E-state index contributed by atoms with van der Waals surface area (Å²) < 4.78 is 34.2. The monoisotopic (exact) mass is 502 g/mol. The zero-order valence-corrected chi connectivity index (χ0v) is 18.6. The summed E-state index contributed by atoms with van der Waals surface area (Å²) in [7, 11) is 1.44. The maximum absolute atomic E-state index is 14.5. The molecule has 0 radical (unpaired) electrons. The van der Waals surface area contributed by atoms with Crippen molar-refractivity contribution in [3.05, 3.63) is 75.9 Å². The number of nitrogens with zero attached hydrogens (tertiary/aromatic N) is 2. The second-order valence-corrected chi connectivity index (χ2v) is 7.28. The third-order valence-corrected chi connectivity index (χ3v) is 4.96. The van der Waals surface area contributed by atoms with E-state index in [0.717, 1.165) is 18.2 Å². The normalized spacial score (nSPS) is 10.5. The Hall–Kier alpha value is -5.01. The van der Waals surface area contributed by atoms with Crippen LogP contribution in [0.4, 0.5) is 20.2 Å².